The average molecular weight is 446 g/mol. The van der Waals surface area contributed by atoms with Crippen molar-refractivity contribution in [2.75, 3.05) is 19.1 Å². The van der Waals surface area contributed by atoms with E-state index in [1.54, 1.807) is 23.1 Å². The molecular formula is C22H23NO3S3. The van der Waals surface area contributed by atoms with Gasteiger partial charge in [0.1, 0.15) is 0 Å². The molecule has 0 aliphatic rings. The molecule has 0 saturated heterocycles. The fourth-order valence-electron chi connectivity index (χ4n) is 3.82. The highest BCUT2D eigenvalue weighted by molar-refractivity contribution is 7.97. The second-order valence-corrected chi connectivity index (χ2v) is 10.6. The first kappa shape index (κ1) is 20.5. The first-order valence-electron chi connectivity index (χ1n) is 9.35. The number of hydrogen-bond donors (Lipinski definition) is 1. The van der Waals surface area contributed by atoms with E-state index in [1.165, 1.54) is 32.2 Å². The van der Waals surface area contributed by atoms with Gasteiger partial charge in [0, 0.05) is 33.5 Å². The first-order chi connectivity index (χ1) is 14.0. The summed E-state index contributed by atoms with van der Waals surface area (Å²) in [4.78, 5) is 3.46. The number of benzene rings is 2. The number of H-pyrrole nitrogens is 1. The molecule has 4 rings (SSSR count). The summed E-state index contributed by atoms with van der Waals surface area (Å²) in [5.74, 6) is 0.986. The van der Waals surface area contributed by atoms with Crippen molar-refractivity contribution in [1.29, 1.82) is 0 Å². The van der Waals surface area contributed by atoms with Crippen molar-refractivity contribution in [2.45, 2.75) is 18.1 Å². The molecule has 4 aromatic rings. The highest BCUT2D eigenvalue weighted by Gasteiger charge is 2.20. The molecule has 0 aliphatic heterocycles. The maximum absolute atomic E-state index is 11.5. The molecule has 2 heterocycles. The zero-order chi connectivity index (χ0) is 20.4. The summed E-state index contributed by atoms with van der Waals surface area (Å²) in [6, 6.07) is 15.0. The molecule has 1 unspecified atom stereocenters. The summed E-state index contributed by atoms with van der Waals surface area (Å²) in [6.07, 6.45) is 5.85. The molecule has 0 spiro atoms. The van der Waals surface area contributed by atoms with E-state index in [4.69, 9.17) is 4.18 Å². The van der Waals surface area contributed by atoms with Crippen LogP contribution in [0.5, 0.6) is 0 Å². The standard InChI is InChI=1S/C22H23NO3S3/c1-27-14-17-4-3-5-19-20(13-23-22(17)19)18(8-10-26-29(2,24)25)15-6-7-21-16(12-15)9-11-28-21/h3-7,9,11-13,18,23H,8,10,14H2,1-2H3. The van der Waals surface area contributed by atoms with E-state index in [9.17, 15) is 8.42 Å². The van der Waals surface area contributed by atoms with Crippen LogP contribution in [0.25, 0.3) is 21.0 Å². The average Bonchev–Trinajstić information content (AvgIpc) is 3.31. The van der Waals surface area contributed by atoms with Gasteiger partial charge in [-0.05, 0) is 58.3 Å². The summed E-state index contributed by atoms with van der Waals surface area (Å²) in [5.41, 5.74) is 4.78. The second kappa shape index (κ2) is 8.52. The van der Waals surface area contributed by atoms with Crippen LogP contribution in [0.3, 0.4) is 0 Å². The summed E-state index contributed by atoms with van der Waals surface area (Å²) >= 11 is 3.52. The minimum absolute atomic E-state index is 0.0410. The first-order valence-corrected chi connectivity index (χ1v) is 13.4. The van der Waals surface area contributed by atoms with Crippen LogP contribution in [0.4, 0.5) is 0 Å². The molecule has 1 atom stereocenters. The molecule has 0 bridgehead atoms. The lowest BCUT2D eigenvalue weighted by Gasteiger charge is -2.17. The Morgan fingerprint density at radius 2 is 2.07 bits per heavy atom. The van der Waals surface area contributed by atoms with Crippen LogP contribution in [0.2, 0.25) is 0 Å². The van der Waals surface area contributed by atoms with Crippen LogP contribution in [0.1, 0.15) is 29.0 Å². The Bertz CT molecular complexity index is 1240. The van der Waals surface area contributed by atoms with E-state index in [-0.39, 0.29) is 12.5 Å². The molecule has 2 aromatic carbocycles. The van der Waals surface area contributed by atoms with Gasteiger partial charge in [-0.2, -0.15) is 20.2 Å². The number of aromatic nitrogens is 1. The Labute approximate surface area is 179 Å². The van der Waals surface area contributed by atoms with Crippen molar-refractivity contribution < 1.29 is 12.6 Å². The SMILES string of the molecule is CSCc1cccc2c(C(CCOS(C)(=O)=O)c3ccc4sccc4c3)c[nH]c12. The third kappa shape index (κ3) is 4.53. The van der Waals surface area contributed by atoms with E-state index < -0.39 is 10.1 Å². The van der Waals surface area contributed by atoms with Crippen LogP contribution >= 0.6 is 23.1 Å². The molecule has 29 heavy (non-hydrogen) atoms. The van der Waals surface area contributed by atoms with E-state index in [0.717, 1.165) is 17.5 Å². The number of para-hydroxylation sites is 1. The van der Waals surface area contributed by atoms with Gasteiger partial charge in [-0.3, -0.25) is 4.18 Å². The maximum Gasteiger partial charge on any atom is 0.264 e. The monoisotopic (exact) mass is 445 g/mol. The molecule has 7 heteroatoms. The second-order valence-electron chi connectivity index (χ2n) is 7.10. The van der Waals surface area contributed by atoms with Gasteiger partial charge in [-0.1, -0.05) is 24.3 Å². The van der Waals surface area contributed by atoms with Gasteiger partial charge in [0.2, 0.25) is 0 Å². The topological polar surface area (TPSA) is 59.2 Å². The number of thioether (sulfide) groups is 1. The Morgan fingerprint density at radius 1 is 1.21 bits per heavy atom. The largest absolute Gasteiger partial charge is 0.361 e. The smallest absolute Gasteiger partial charge is 0.264 e. The van der Waals surface area contributed by atoms with Crippen LogP contribution in [0.15, 0.2) is 54.0 Å². The number of hydrogen-bond acceptors (Lipinski definition) is 5. The Balaban J connectivity index is 1.77. The molecule has 0 radical (unpaired) electrons. The summed E-state index contributed by atoms with van der Waals surface area (Å²) < 4.78 is 29.3. The predicted octanol–water partition coefficient (Wildman–Crippen LogP) is 5.74. The van der Waals surface area contributed by atoms with E-state index in [2.05, 4.69) is 65.3 Å². The minimum Gasteiger partial charge on any atom is -0.361 e. The molecular weight excluding hydrogens is 422 g/mol. The predicted molar refractivity (Wildman–Crippen MR) is 125 cm³/mol. The van der Waals surface area contributed by atoms with Crippen molar-refractivity contribution >= 4 is 54.2 Å². The fraction of sp³-hybridized carbons (Fsp3) is 0.273. The number of nitrogens with one attached hydrogen (secondary N) is 1. The van der Waals surface area contributed by atoms with Crippen molar-refractivity contribution in [1.82, 2.24) is 4.98 Å². The van der Waals surface area contributed by atoms with E-state index >= 15 is 0 Å². The van der Waals surface area contributed by atoms with Crippen molar-refractivity contribution in [3.63, 3.8) is 0 Å². The molecule has 4 nitrogen and oxygen atoms in total. The maximum atomic E-state index is 11.5. The molecule has 0 aliphatic carbocycles. The normalized spacial score (nSPS) is 13.3. The summed E-state index contributed by atoms with van der Waals surface area (Å²) in [6.45, 7) is 0.155. The molecule has 152 valence electrons. The summed E-state index contributed by atoms with van der Waals surface area (Å²) in [5, 5.41) is 4.49. The van der Waals surface area contributed by atoms with Gasteiger partial charge >= 0.3 is 0 Å². The Morgan fingerprint density at radius 3 is 2.86 bits per heavy atom. The van der Waals surface area contributed by atoms with Crippen LogP contribution in [-0.4, -0.2) is 32.5 Å². The van der Waals surface area contributed by atoms with Gasteiger partial charge in [0.05, 0.1) is 12.9 Å². The van der Waals surface area contributed by atoms with Crippen molar-refractivity contribution in [3.05, 3.63) is 70.7 Å². The molecule has 0 saturated carbocycles. The van der Waals surface area contributed by atoms with Crippen molar-refractivity contribution in [3.8, 4) is 0 Å². The van der Waals surface area contributed by atoms with Crippen LogP contribution < -0.4 is 0 Å². The van der Waals surface area contributed by atoms with Crippen LogP contribution in [0, 0.1) is 0 Å². The molecule has 0 fully saturated rings. The van der Waals surface area contributed by atoms with E-state index in [0.29, 0.717) is 6.42 Å². The zero-order valence-electron chi connectivity index (χ0n) is 16.3. The Kier molecular flexibility index (Phi) is 6.01. The molecule has 0 amide bonds. The van der Waals surface area contributed by atoms with Crippen molar-refractivity contribution in [2.24, 2.45) is 0 Å². The minimum atomic E-state index is -3.46. The van der Waals surface area contributed by atoms with Gasteiger partial charge in [-0.15, -0.1) is 11.3 Å². The van der Waals surface area contributed by atoms with Crippen LogP contribution in [-0.2, 0) is 20.1 Å². The molecule has 2 aromatic heterocycles. The van der Waals surface area contributed by atoms with Gasteiger partial charge in [0.15, 0.2) is 0 Å². The number of thiophene rings is 1. The quantitative estimate of drug-likeness (QED) is 0.351. The third-order valence-electron chi connectivity index (χ3n) is 5.09. The zero-order valence-corrected chi connectivity index (χ0v) is 18.8. The highest BCUT2D eigenvalue weighted by atomic mass is 32.2. The van der Waals surface area contributed by atoms with Gasteiger partial charge in [-0.25, -0.2) is 0 Å². The van der Waals surface area contributed by atoms with Gasteiger partial charge < -0.3 is 4.98 Å². The lowest BCUT2D eigenvalue weighted by Crippen LogP contribution is -2.09. The summed E-state index contributed by atoms with van der Waals surface area (Å²) in [7, 11) is -3.46. The highest BCUT2D eigenvalue weighted by Crippen LogP contribution is 2.36. The molecule has 1 N–H and O–H groups in total. The fourth-order valence-corrected chi connectivity index (χ4v) is 5.55. The Hall–Kier alpha value is -1.80. The van der Waals surface area contributed by atoms with E-state index in [1.807, 2.05) is 0 Å². The number of aromatic amines is 1. The number of fused-ring (bicyclic) bond motifs is 2. The lowest BCUT2D eigenvalue weighted by molar-refractivity contribution is 0.309. The van der Waals surface area contributed by atoms with Gasteiger partial charge in [0.25, 0.3) is 10.1 Å². The lowest BCUT2D eigenvalue weighted by atomic mass is 9.88. The number of rotatable bonds is 8. The third-order valence-corrected chi connectivity index (χ3v) is 7.18.